The predicted molar refractivity (Wildman–Crippen MR) is 92.6 cm³/mol. The van der Waals surface area contributed by atoms with Gasteiger partial charge in [-0.3, -0.25) is 4.79 Å². The maximum Gasteiger partial charge on any atom is 0.339 e. The number of carbonyl (C=O) groups is 2. The SMILES string of the molecule is COc1cc(Cl)c(C)cc1NC(=O)C(C)OC(=O)c1cc(F)cc(F)c1. The van der Waals surface area contributed by atoms with Crippen LogP contribution in [-0.4, -0.2) is 25.1 Å². The first-order valence-electron chi connectivity index (χ1n) is 7.53. The number of ether oxygens (including phenoxy) is 2. The van der Waals surface area contributed by atoms with Crippen LogP contribution in [-0.2, 0) is 9.53 Å². The van der Waals surface area contributed by atoms with E-state index in [1.165, 1.54) is 14.0 Å². The zero-order chi connectivity index (χ0) is 19.4. The molecule has 2 aromatic rings. The third-order valence-corrected chi connectivity index (χ3v) is 3.90. The zero-order valence-corrected chi connectivity index (χ0v) is 15.0. The number of anilines is 1. The Morgan fingerprint density at radius 3 is 2.31 bits per heavy atom. The maximum absolute atomic E-state index is 13.2. The number of carbonyl (C=O) groups excluding carboxylic acids is 2. The number of nitrogens with one attached hydrogen (secondary N) is 1. The topological polar surface area (TPSA) is 64.6 Å². The predicted octanol–water partition coefficient (Wildman–Crippen LogP) is 4.12. The minimum absolute atomic E-state index is 0.331. The van der Waals surface area contributed by atoms with Gasteiger partial charge >= 0.3 is 5.97 Å². The number of halogens is 3. The van der Waals surface area contributed by atoms with E-state index in [-0.39, 0.29) is 5.56 Å². The van der Waals surface area contributed by atoms with Crippen molar-refractivity contribution in [2.24, 2.45) is 0 Å². The Balaban J connectivity index is 2.10. The summed E-state index contributed by atoms with van der Waals surface area (Å²) >= 11 is 6.00. The summed E-state index contributed by atoms with van der Waals surface area (Å²) in [4.78, 5) is 24.2. The summed E-state index contributed by atoms with van der Waals surface area (Å²) in [6.07, 6.45) is -1.21. The summed E-state index contributed by atoms with van der Waals surface area (Å²) in [5.74, 6) is -3.17. The average Bonchev–Trinajstić information content (AvgIpc) is 2.56. The molecule has 0 aliphatic heterocycles. The van der Waals surface area contributed by atoms with E-state index in [0.717, 1.165) is 12.1 Å². The Hall–Kier alpha value is -2.67. The Labute approximate surface area is 153 Å². The van der Waals surface area contributed by atoms with Crippen LogP contribution in [0.4, 0.5) is 14.5 Å². The van der Waals surface area contributed by atoms with Crippen molar-refractivity contribution in [2.75, 3.05) is 12.4 Å². The molecule has 0 bridgehead atoms. The second-order valence-electron chi connectivity index (χ2n) is 5.50. The van der Waals surface area contributed by atoms with Gasteiger partial charge in [0.2, 0.25) is 0 Å². The van der Waals surface area contributed by atoms with Gasteiger partial charge < -0.3 is 14.8 Å². The molecule has 0 heterocycles. The van der Waals surface area contributed by atoms with E-state index in [0.29, 0.717) is 28.1 Å². The molecule has 0 spiro atoms. The summed E-state index contributed by atoms with van der Waals surface area (Å²) in [5.41, 5.74) is 0.726. The Morgan fingerprint density at radius 1 is 1.12 bits per heavy atom. The molecule has 138 valence electrons. The zero-order valence-electron chi connectivity index (χ0n) is 14.2. The van der Waals surface area contributed by atoms with E-state index >= 15 is 0 Å². The molecule has 2 aromatic carbocycles. The highest BCUT2D eigenvalue weighted by atomic mass is 35.5. The number of aryl methyl sites for hydroxylation is 1. The second kappa shape index (κ2) is 8.14. The first-order chi connectivity index (χ1) is 12.2. The normalized spacial score (nSPS) is 11.6. The molecular formula is C18H16ClF2NO4. The second-order valence-corrected chi connectivity index (χ2v) is 5.90. The van der Waals surface area contributed by atoms with E-state index in [9.17, 15) is 18.4 Å². The summed E-state index contributed by atoms with van der Waals surface area (Å²) in [5, 5.41) is 3.03. The van der Waals surface area contributed by atoms with Gasteiger partial charge in [0.1, 0.15) is 17.4 Å². The Morgan fingerprint density at radius 2 is 1.73 bits per heavy atom. The smallest absolute Gasteiger partial charge is 0.339 e. The summed E-state index contributed by atoms with van der Waals surface area (Å²) in [6, 6.07) is 5.42. The van der Waals surface area contributed by atoms with Crippen molar-refractivity contribution in [1.29, 1.82) is 0 Å². The van der Waals surface area contributed by atoms with Gasteiger partial charge in [0.25, 0.3) is 5.91 Å². The lowest BCUT2D eigenvalue weighted by molar-refractivity contribution is -0.123. The van der Waals surface area contributed by atoms with Gasteiger partial charge in [-0.25, -0.2) is 13.6 Å². The third kappa shape index (κ3) is 4.70. The molecule has 0 fully saturated rings. The third-order valence-electron chi connectivity index (χ3n) is 3.49. The number of hydrogen-bond donors (Lipinski definition) is 1. The highest BCUT2D eigenvalue weighted by Crippen LogP contribution is 2.31. The van der Waals surface area contributed by atoms with Gasteiger partial charge in [-0.2, -0.15) is 0 Å². The van der Waals surface area contributed by atoms with Crippen LogP contribution in [0, 0.1) is 18.6 Å². The minimum Gasteiger partial charge on any atom is -0.495 e. The summed E-state index contributed by atoms with van der Waals surface area (Å²) < 4.78 is 36.5. The van der Waals surface area contributed by atoms with Crippen LogP contribution >= 0.6 is 11.6 Å². The van der Waals surface area contributed by atoms with Crippen molar-refractivity contribution in [3.63, 3.8) is 0 Å². The molecule has 1 atom stereocenters. The lowest BCUT2D eigenvalue weighted by atomic mass is 10.2. The monoisotopic (exact) mass is 383 g/mol. The van der Waals surface area contributed by atoms with Crippen molar-refractivity contribution < 1.29 is 27.8 Å². The van der Waals surface area contributed by atoms with E-state index in [1.54, 1.807) is 19.1 Å². The van der Waals surface area contributed by atoms with Crippen LogP contribution in [0.25, 0.3) is 0 Å². The highest BCUT2D eigenvalue weighted by Gasteiger charge is 2.21. The van der Waals surface area contributed by atoms with Crippen molar-refractivity contribution >= 4 is 29.2 Å². The van der Waals surface area contributed by atoms with Crippen molar-refractivity contribution in [3.8, 4) is 5.75 Å². The molecule has 8 heteroatoms. The number of methoxy groups -OCH3 is 1. The molecule has 0 radical (unpaired) electrons. The molecule has 5 nitrogen and oxygen atoms in total. The fourth-order valence-electron chi connectivity index (χ4n) is 2.12. The van der Waals surface area contributed by atoms with Gasteiger partial charge in [-0.1, -0.05) is 11.6 Å². The van der Waals surface area contributed by atoms with Crippen molar-refractivity contribution in [2.45, 2.75) is 20.0 Å². The van der Waals surface area contributed by atoms with Crippen LogP contribution < -0.4 is 10.1 Å². The molecule has 1 amide bonds. The van der Waals surface area contributed by atoms with Crippen molar-refractivity contribution in [3.05, 3.63) is 58.1 Å². The number of hydrogen-bond acceptors (Lipinski definition) is 4. The highest BCUT2D eigenvalue weighted by molar-refractivity contribution is 6.31. The van der Waals surface area contributed by atoms with Crippen LogP contribution in [0.3, 0.4) is 0 Å². The lowest BCUT2D eigenvalue weighted by Gasteiger charge is -2.16. The molecule has 0 aromatic heterocycles. The van der Waals surface area contributed by atoms with Gasteiger partial charge in [0.05, 0.1) is 18.4 Å². The molecule has 1 N–H and O–H groups in total. The van der Waals surface area contributed by atoms with Crippen LogP contribution in [0.1, 0.15) is 22.8 Å². The number of amides is 1. The largest absolute Gasteiger partial charge is 0.495 e. The average molecular weight is 384 g/mol. The van der Waals surface area contributed by atoms with Crippen LogP contribution in [0.15, 0.2) is 30.3 Å². The van der Waals surface area contributed by atoms with Crippen molar-refractivity contribution in [1.82, 2.24) is 0 Å². The first-order valence-corrected chi connectivity index (χ1v) is 7.91. The molecular weight excluding hydrogens is 368 g/mol. The number of esters is 1. The molecule has 0 saturated carbocycles. The first kappa shape index (κ1) is 19.7. The van der Waals surface area contributed by atoms with E-state index in [4.69, 9.17) is 21.1 Å². The molecule has 0 aliphatic rings. The standard InChI is InChI=1S/C18H16ClF2NO4/c1-9-4-15(16(25-3)8-14(9)19)22-17(23)10(2)26-18(24)11-5-12(20)7-13(21)6-11/h4-8,10H,1-3H3,(H,22,23). The van der Waals surface area contributed by atoms with Crippen LogP contribution in [0.5, 0.6) is 5.75 Å². The van der Waals surface area contributed by atoms with Gasteiger partial charge in [0, 0.05) is 17.2 Å². The van der Waals surface area contributed by atoms with Crippen LogP contribution in [0.2, 0.25) is 5.02 Å². The molecule has 26 heavy (non-hydrogen) atoms. The Bertz CT molecular complexity index is 837. The summed E-state index contributed by atoms with van der Waals surface area (Å²) in [6.45, 7) is 3.08. The molecule has 0 saturated heterocycles. The van der Waals surface area contributed by atoms with Gasteiger partial charge in [0.15, 0.2) is 6.10 Å². The van der Waals surface area contributed by atoms with Gasteiger partial charge in [-0.15, -0.1) is 0 Å². The Kier molecular flexibility index (Phi) is 6.15. The molecule has 0 aliphatic carbocycles. The fraction of sp³-hybridized carbons (Fsp3) is 0.222. The minimum atomic E-state index is -1.21. The lowest BCUT2D eigenvalue weighted by Crippen LogP contribution is -2.30. The maximum atomic E-state index is 13.2. The molecule has 1 unspecified atom stereocenters. The van der Waals surface area contributed by atoms with E-state index < -0.39 is 29.6 Å². The fourth-order valence-corrected chi connectivity index (χ4v) is 2.27. The van der Waals surface area contributed by atoms with E-state index in [2.05, 4.69) is 5.32 Å². The number of rotatable bonds is 5. The quantitative estimate of drug-likeness (QED) is 0.789. The molecule has 2 rings (SSSR count). The van der Waals surface area contributed by atoms with Gasteiger partial charge in [-0.05, 0) is 37.6 Å². The van der Waals surface area contributed by atoms with E-state index in [1.807, 2.05) is 0 Å². The summed E-state index contributed by atoms with van der Waals surface area (Å²) in [7, 11) is 1.42. The number of benzene rings is 2.